The first-order chi connectivity index (χ1) is 9.16. The third-order valence-corrected chi connectivity index (χ3v) is 3.77. The molecule has 1 aromatic heterocycles. The minimum absolute atomic E-state index is 0.0133. The molecule has 2 rings (SSSR count). The van der Waals surface area contributed by atoms with Crippen LogP contribution in [0.2, 0.25) is 0 Å². The van der Waals surface area contributed by atoms with E-state index in [0.29, 0.717) is 11.7 Å². The van der Waals surface area contributed by atoms with Crippen LogP contribution in [0.5, 0.6) is 0 Å². The van der Waals surface area contributed by atoms with Crippen LogP contribution in [0, 0.1) is 0 Å². The van der Waals surface area contributed by atoms with Crippen LogP contribution in [0.1, 0.15) is 48.7 Å². The van der Waals surface area contributed by atoms with Gasteiger partial charge in [0.05, 0.1) is 11.2 Å². The molecule has 0 spiro atoms. The number of carbonyl (C=O) groups excluding carboxylic acids is 2. The van der Waals surface area contributed by atoms with E-state index in [0.717, 1.165) is 0 Å². The molecule has 0 bridgehead atoms. The van der Waals surface area contributed by atoms with Gasteiger partial charge in [0.1, 0.15) is 11.4 Å². The van der Waals surface area contributed by atoms with Crippen LogP contribution < -0.4 is 11.2 Å². The van der Waals surface area contributed by atoms with Gasteiger partial charge < -0.3 is 15.0 Å². The van der Waals surface area contributed by atoms with E-state index in [1.54, 1.807) is 0 Å². The van der Waals surface area contributed by atoms with Crippen molar-refractivity contribution in [2.45, 2.75) is 38.9 Å². The van der Waals surface area contributed by atoms with Gasteiger partial charge in [-0.05, 0) is 45.3 Å². The molecule has 2 N–H and O–H groups in total. The summed E-state index contributed by atoms with van der Waals surface area (Å²) in [6.07, 6.45) is 0.557. The molecule has 0 unspecified atom stereocenters. The van der Waals surface area contributed by atoms with E-state index in [9.17, 15) is 9.59 Å². The van der Waals surface area contributed by atoms with Gasteiger partial charge in [-0.3, -0.25) is 9.59 Å². The minimum Gasteiger partial charge on any atom is -0.399 e. The second-order valence-corrected chi connectivity index (χ2v) is 5.78. The maximum absolute atomic E-state index is 11.3. The lowest BCUT2D eigenvalue weighted by molar-refractivity contribution is 0.00578. The molecular weight excluding hydrogens is 259 g/mol. The molecule has 106 valence electrons. The molecule has 6 nitrogen and oxygen atoms in total. The SMILES string of the molecule is CC1(C)OB(c2cc(C=O)nc(C(N)=O)c2)OC1(C)C. The number of nitrogens with zero attached hydrogens (tertiary/aromatic N) is 1. The van der Waals surface area contributed by atoms with Gasteiger partial charge in [-0.25, -0.2) is 4.98 Å². The highest BCUT2D eigenvalue weighted by molar-refractivity contribution is 6.62. The minimum atomic E-state index is -0.702. The maximum Gasteiger partial charge on any atom is 0.494 e. The molecule has 1 aliphatic heterocycles. The fraction of sp³-hybridized carbons (Fsp3) is 0.462. The molecule has 0 radical (unpaired) electrons. The highest BCUT2D eigenvalue weighted by atomic mass is 16.7. The Morgan fingerprint density at radius 2 is 1.80 bits per heavy atom. The van der Waals surface area contributed by atoms with E-state index < -0.39 is 24.2 Å². The third kappa shape index (κ3) is 2.46. The molecule has 0 saturated carbocycles. The first-order valence-electron chi connectivity index (χ1n) is 6.29. The summed E-state index contributed by atoms with van der Waals surface area (Å²) in [7, 11) is -0.667. The van der Waals surface area contributed by atoms with Crippen molar-refractivity contribution < 1.29 is 18.9 Å². The quantitative estimate of drug-likeness (QED) is 0.633. The van der Waals surface area contributed by atoms with Gasteiger partial charge in [-0.15, -0.1) is 0 Å². The molecule has 0 aliphatic carbocycles. The number of carbonyl (C=O) groups is 2. The lowest BCUT2D eigenvalue weighted by atomic mass is 9.79. The Balaban J connectivity index is 2.42. The Bertz CT molecular complexity index is 555. The van der Waals surface area contributed by atoms with Crippen molar-refractivity contribution in [2.75, 3.05) is 0 Å². The predicted octanol–water partition coefficient (Wildman–Crippen LogP) is 0.292. The molecule has 7 heteroatoms. The van der Waals surface area contributed by atoms with Crippen LogP contribution in [-0.4, -0.2) is 35.5 Å². The average Bonchev–Trinajstić information content (AvgIpc) is 2.58. The Morgan fingerprint density at radius 3 is 2.25 bits per heavy atom. The molecule has 1 aromatic rings. The van der Waals surface area contributed by atoms with E-state index in [1.165, 1.54) is 12.1 Å². The summed E-state index contributed by atoms with van der Waals surface area (Å²) < 4.78 is 11.7. The van der Waals surface area contributed by atoms with Crippen LogP contribution in [0.4, 0.5) is 0 Å². The molecule has 1 aliphatic rings. The number of rotatable bonds is 3. The summed E-state index contributed by atoms with van der Waals surface area (Å²) in [5, 5.41) is 0. The second kappa shape index (κ2) is 4.68. The van der Waals surface area contributed by atoms with Gasteiger partial charge >= 0.3 is 7.12 Å². The fourth-order valence-electron chi connectivity index (χ4n) is 1.88. The second-order valence-electron chi connectivity index (χ2n) is 5.78. The topological polar surface area (TPSA) is 91.5 Å². The summed E-state index contributed by atoms with van der Waals surface area (Å²) in [6, 6.07) is 3.01. The van der Waals surface area contributed by atoms with Crippen molar-refractivity contribution in [3.05, 3.63) is 23.5 Å². The monoisotopic (exact) mass is 276 g/mol. The van der Waals surface area contributed by atoms with E-state index in [4.69, 9.17) is 15.0 Å². The van der Waals surface area contributed by atoms with Crippen molar-refractivity contribution >= 4 is 24.8 Å². The molecule has 20 heavy (non-hydrogen) atoms. The number of pyridine rings is 1. The van der Waals surface area contributed by atoms with E-state index in [-0.39, 0.29) is 11.4 Å². The van der Waals surface area contributed by atoms with Crippen molar-refractivity contribution in [3.63, 3.8) is 0 Å². The molecule has 1 amide bonds. The highest BCUT2D eigenvalue weighted by Gasteiger charge is 2.51. The Hall–Kier alpha value is -1.73. The number of nitrogens with two attached hydrogens (primary N) is 1. The molecule has 0 aromatic carbocycles. The largest absolute Gasteiger partial charge is 0.494 e. The summed E-state index contributed by atoms with van der Waals surface area (Å²) >= 11 is 0. The summed E-state index contributed by atoms with van der Waals surface area (Å²) in [6.45, 7) is 7.68. The van der Waals surface area contributed by atoms with Gasteiger partial charge in [-0.1, -0.05) is 0 Å². The molecule has 1 saturated heterocycles. The van der Waals surface area contributed by atoms with Crippen molar-refractivity contribution in [2.24, 2.45) is 5.73 Å². The van der Waals surface area contributed by atoms with E-state index >= 15 is 0 Å². The fourth-order valence-corrected chi connectivity index (χ4v) is 1.88. The van der Waals surface area contributed by atoms with Gasteiger partial charge in [0, 0.05) is 0 Å². The zero-order valence-corrected chi connectivity index (χ0v) is 12.0. The predicted molar refractivity (Wildman–Crippen MR) is 73.9 cm³/mol. The third-order valence-electron chi connectivity index (χ3n) is 3.77. The van der Waals surface area contributed by atoms with Crippen LogP contribution in [0.15, 0.2) is 12.1 Å². The first-order valence-corrected chi connectivity index (χ1v) is 6.29. The Kier molecular flexibility index (Phi) is 3.43. The smallest absolute Gasteiger partial charge is 0.399 e. The van der Waals surface area contributed by atoms with Crippen LogP contribution in [0.3, 0.4) is 0 Å². The molecular formula is C13H17BN2O4. The molecule has 0 atom stereocenters. The van der Waals surface area contributed by atoms with Gasteiger partial charge in [-0.2, -0.15) is 0 Å². The van der Waals surface area contributed by atoms with Crippen LogP contribution in [-0.2, 0) is 9.31 Å². The lowest BCUT2D eigenvalue weighted by Crippen LogP contribution is -2.41. The lowest BCUT2D eigenvalue weighted by Gasteiger charge is -2.32. The molecule has 1 fully saturated rings. The van der Waals surface area contributed by atoms with E-state index in [2.05, 4.69) is 4.98 Å². The zero-order valence-electron chi connectivity index (χ0n) is 12.0. The summed E-state index contributed by atoms with van der Waals surface area (Å²) in [5.74, 6) is -0.702. The number of primary amides is 1. The standard InChI is InChI=1S/C13H17BN2O4/c1-12(2)13(3,4)20-14(19-12)8-5-9(7-17)16-10(6-8)11(15)18/h5-7H,1-4H3,(H2,15,18). The number of hydrogen-bond acceptors (Lipinski definition) is 5. The normalized spacial score (nSPS) is 19.9. The highest BCUT2D eigenvalue weighted by Crippen LogP contribution is 2.36. The average molecular weight is 276 g/mol. The number of amides is 1. The van der Waals surface area contributed by atoms with Crippen molar-refractivity contribution in [1.82, 2.24) is 4.98 Å². The van der Waals surface area contributed by atoms with Crippen LogP contribution in [0.25, 0.3) is 0 Å². The van der Waals surface area contributed by atoms with E-state index in [1.807, 2.05) is 27.7 Å². The summed E-state index contributed by atoms with van der Waals surface area (Å²) in [4.78, 5) is 26.0. The van der Waals surface area contributed by atoms with Crippen LogP contribution >= 0.6 is 0 Å². The number of aldehydes is 1. The van der Waals surface area contributed by atoms with Gasteiger partial charge in [0.2, 0.25) is 0 Å². The number of hydrogen-bond donors (Lipinski definition) is 1. The van der Waals surface area contributed by atoms with Gasteiger partial charge in [0.15, 0.2) is 6.29 Å². The van der Waals surface area contributed by atoms with Crippen molar-refractivity contribution in [3.8, 4) is 0 Å². The Morgan fingerprint density at radius 1 is 1.25 bits per heavy atom. The van der Waals surface area contributed by atoms with Gasteiger partial charge in [0.25, 0.3) is 5.91 Å². The number of aromatic nitrogens is 1. The first kappa shape index (κ1) is 14.7. The maximum atomic E-state index is 11.3. The van der Waals surface area contributed by atoms with Crippen molar-refractivity contribution in [1.29, 1.82) is 0 Å². The molecule has 2 heterocycles. The zero-order chi connectivity index (χ0) is 15.1. The summed E-state index contributed by atoms with van der Waals surface area (Å²) in [5.41, 5.74) is 4.88. The Labute approximate surface area is 117 Å².